The summed E-state index contributed by atoms with van der Waals surface area (Å²) in [7, 11) is 0. The number of fused-ring (bicyclic) bond motifs is 8. The molecule has 0 aliphatic heterocycles. The van der Waals surface area contributed by atoms with Crippen LogP contribution in [0, 0.1) is 0 Å². The fourth-order valence-corrected chi connectivity index (χ4v) is 6.42. The lowest BCUT2D eigenvalue weighted by molar-refractivity contribution is 0.951. The van der Waals surface area contributed by atoms with Crippen LogP contribution >= 0.6 is 0 Å². The zero-order chi connectivity index (χ0) is 30.6. The van der Waals surface area contributed by atoms with Crippen molar-refractivity contribution in [3.05, 3.63) is 156 Å². The Hall–Kier alpha value is -6.47. The van der Waals surface area contributed by atoms with Gasteiger partial charge in [-0.05, 0) is 17.7 Å². The summed E-state index contributed by atoms with van der Waals surface area (Å²) in [4.78, 5) is 33.2. The number of rotatable bonds is 4. The van der Waals surface area contributed by atoms with Crippen molar-refractivity contribution in [2.24, 2.45) is 0 Å². The first kappa shape index (κ1) is 26.0. The number of aromatic nitrogens is 6. The highest BCUT2D eigenvalue weighted by molar-refractivity contribution is 6.24. The summed E-state index contributed by atoms with van der Waals surface area (Å²) in [6, 6.07) is 47.9. The van der Waals surface area contributed by atoms with Crippen LogP contribution in [0.1, 0.15) is 0 Å². The molecule has 0 N–H and O–H groups in total. The van der Waals surface area contributed by atoms with Crippen LogP contribution in [0.2, 0.25) is 0 Å². The third kappa shape index (κ3) is 4.03. The lowest BCUT2D eigenvalue weighted by Gasteiger charge is -2.16. The SMILES string of the molecule is O=c1cc(-c2ccccc2)n2c3ccccc3c3c4ccccc4n(-c4nc(-c5ccccc5)nc(-c5ccccc5)n4)c3c2n1. The number of para-hydroxylation sites is 2. The van der Waals surface area contributed by atoms with Crippen molar-refractivity contribution in [2.45, 2.75) is 0 Å². The molecular formula is C39H24N6O. The first-order valence-corrected chi connectivity index (χ1v) is 15.0. The Morgan fingerprint density at radius 2 is 0.978 bits per heavy atom. The molecule has 4 aromatic heterocycles. The topological polar surface area (TPSA) is 78.0 Å². The van der Waals surface area contributed by atoms with Gasteiger partial charge in [0.2, 0.25) is 5.95 Å². The molecule has 9 aromatic rings. The molecule has 7 heteroatoms. The van der Waals surface area contributed by atoms with Gasteiger partial charge in [0.05, 0.1) is 16.7 Å². The summed E-state index contributed by atoms with van der Waals surface area (Å²) >= 11 is 0. The van der Waals surface area contributed by atoms with Crippen LogP contribution in [0.15, 0.2) is 150 Å². The van der Waals surface area contributed by atoms with E-state index in [9.17, 15) is 4.79 Å². The Bertz CT molecular complexity index is 2590. The Morgan fingerprint density at radius 3 is 1.59 bits per heavy atom. The number of nitrogens with zero attached hydrogens (tertiary/aromatic N) is 6. The van der Waals surface area contributed by atoms with Gasteiger partial charge in [-0.15, -0.1) is 0 Å². The van der Waals surface area contributed by atoms with Crippen LogP contribution in [0.3, 0.4) is 0 Å². The minimum Gasteiger partial charge on any atom is -0.292 e. The zero-order valence-corrected chi connectivity index (χ0v) is 24.4. The summed E-state index contributed by atoms with van der Waals surface area (Å²) in [5, 5.41) is 3.02. The number of hydrogen-bond donors (Lipinski definition) is 0. The summed E-state index contributed by atoms with van der Waals surface area (Å²) in [5.74, 6) is 1.54. The Morgan fingerprint density at radius 1 is 0.478 bits per heavy atom. The molecule has 0 atom stereocenters. The van der Waals surface area contributed by atoms with E-state index in [0.29, 0.717) is 23.2 Å². The van der Waals surface area contributed by atoms with Crippen LogP contribution in [0.4, 0.5) is 0 Å². The van der Waals surface area contributed by atoms with Crippen molar-refractivity contribution < 1.29 is 0 Å². The predicted molar refractivity (Wildman–Crippen MR) is 183 cm³/mol. The van der Waals surface area contributed by atoms with Gasteiger partial charge in [-0.2, -0.15) is 15.0 Å². The highest BCUT2D eigenvalue weighted by atomic mass is 16.1. The van der Waals surface area contributed by atoms with Gasteiger partial charge in [0.1, 0.15) is 5.52 Å². The van der Waals surface area contributed by atoms with E-state index in [-0.39, 0.29) is 5.56 Å². The van der Waals surface area contributed by atoms with E-state index in [0.717, 1.165) is 55.1 Å². The molecule has 0 spiro atoms. The maximum atomic E-state index is 13.4. The Kier molecular flexibility index (Phi) is 5.83. The second-order valence-electron chi connectivity index (χ2n) is 11.1. The molecule has 0 aliphatic carbocycles. The van der Waals surface area contributed by atoms with Crippen LogP contribution in [0.25, 0.3) is 78.3 Å². The molecule has 0 fully saturated rings. The Balaban J connectivity index is 1.50. The summed E-state index contributed by atoms with van der Waals surface area (Å²) in [6.45, 7) is 0. The van der Waals surface area contributed by atoms with E-state index in [4.69, 9.17) is 19.9 Å². The lowest BCUT2D eigenvalue weighted by atomic mass is 10.1. The lowest BCUT2D eigenvalue weighted by Crippen LogP contribution is -2.13. The molecule has 0 bridgehead atoms. The van der Waals surface area contributed by atoms with Gasteiger partial charge in [-0.25, -0.2) is 4.98 Å². The first-order valence-electron chi connectivity index (χ1n) is 15.0. The minimum atomic E-state index is -0.321. The van der Waals surface area contributed by atoms with Crippen molar-refractivity contribution in [2.75, 3.05) is 0 Å². The predicted octanol–water partition coefficient (Wildman–Crippen LogP) is 8.13. The van der Waals surface area contributed by atoms with Gasteiger partial charge in [-0.1, -0.05) is 127 Å². The minimum absolute atomic E-state index is 0.321. The molecule has 0 saturated carbocycles. The maximum absolute atomic E-state index is 13.4. The summed E-state index contributed by atoms with van der Waals surface area (Å²) < 4.78 is 4.12. The molecule has 46 heavy (non-hydrogen) atoms. The quantitative estimate of drug-likeness (QED) is 0.193. The molecule has 5 aromatic carbocycles. The monoisotopic (exact) mass is 592 g/mol. The van der Waals surface area contributed by atoms with Crippen LogP contribution in [-0.4, -0.2) is 28.9 Å². The molecule has 0 unspecified atom stereocenters. The van der Waals surface area contributed by atoms with Gasteiger partial charge in [0.25, 0.3) is 5.56 Å². The van der Waals surface area contributed by atoms with E-state index in [1.165, 1.54) is 0 Å². The number of pyridine rings is 1. The molecule has 216 valence electrons. The largest absolute Gasteiger partial charge is 0.292 e. The van der Waals surface area contributed by atoms with Crippen molar-refractivity contribution in [1.29, 1.82) is 0 Å². The Labute approximate surface area is 262 Å². The average molecular weight is 593 g/mol. The third-order valence-electron chi connectivity index (χ3n) is 8.39. The number of benzene rings is 5. The van der Waals surface area contributed by atoms with E-state index < -0.39 is 0 Å². The smallest absolute Gasteiger partial charge is 0.273 e. The van der Waals surface area contributed by atoms with Crippen LogP contribution in [0.5, 0.6) is 0 Å². The molecule has 0 saturated heterocycles. The molecule has 0 aliphatic rings. The fraction of sp³-hybridized carbons (Fsp3) is 0. The maximum Gasteiger partial charge on any atom is 0.273 e. The second kappa shape index (κ2) is 10.3. The number of hydrogen-bond acceptors (Lipinski definition) is 5. The normalized spacial score (nSPS) is 11.6. The molecule has 0 amide bonds. The molecule has 4 heterocycles. The summed E-state index contributed by atoms with van der Waals surface area (Å²) in [6.07, 6.45) is 0. The van der Waals surface area contributed by atoms with Crippen LogP contribution in [-0.2, 0) is 0 Å². The zero-order valence-electron chi connectivity index (χ0n) is 24.4. The van der Waals surface area contributed by atoms with E-state index >= 15 is 0 Å². The molecule has 9 rings (SSSR count). The highest BCUT2D eigenvalue weighted by Gasteiger charge is 2.24. The van der Waals surface area contributed by atoms with Gasteiger partial charge in [0, 0.05) is 33.4 Å². The first-order chi connectivity index (χ1) is 22.7. The van der Waals surface area contributed by atoms with Crippen molar-refractivity contribution >= 4 is 38.4 Å². The van der Waals surface area contributed by atoms with Gasteiger partial charge in [-0.3, -0.25) is 13.8 Å². The third-order valence-corrected chi connectivity index (χ3v) is 8.39. The van der Waals surface area contributed by atoms with E-state index in [1.807, 2.05) is 120 Å². The van der Waals surface area contributed by atoms with E-state index in [2.05, 4.69) is 28.7 Å². The van der Waals surface area contributed by atoms with Crippen molar-refractivity contribution in [3.8, 4) is 40.0 Å². The van der Waals surface area contributed by atoms with Crippen molar-refractivity contribution in [3.63, 3.8) is 0 Å². The van der Waals surface area contributed by atoms with Crippen molar-refractivity contribution in [1.82, 2.24) is 28.9 Å². The molecule has 7 nitrogen and oxygen atoms in total. The summed E-state index contributed by atoms with van der Waals surface area (Å²) in [5.41, 5.74) is 6.23. The van der Waals surface area contributed by atoms with Crippen LogP contribution < -0.4 is 5.56 Å². The average Bonchev–Trinajstić information content (AvgIpc) is 3.48. The van der Waals surface area contributed by atoms with E-state index in [1.54, 1.807) is 6.07 Å². The van der Waals surface area contributed by atoms with Gasteiger partial charge >= 0.3 is 0 Å². The van der Waals surface area contributed by atoms with Gasteiger partial charge in [0.15, 0.2) is 17.3 Å². The standard InChI is InChI=1S/C39H24N6O/c46-33-24-32(25-14-4-1-5-15-25)44-30-22-12-10-20-28(30)34-29-21-11-13-23-31(29)45(35(34)38(44)40-33)39-42-36(26-16-6-2-7-17-26)41-37(43-39)27-18-8-3-9-19-27/h1-24H. The molecule has 0 radical (unpaired) electrons. The highest BCUT2D eigenvalue weighted by Crippen LogP contribution is 2.39. The van der Waals surface area contributed by atoms with Gasteiger partial charge < -0.3 is 0 Å². The second-order valence-corrected chi connectivity index (χ2v) is 11.1. The fourth-order valence-electron chi connectivity index (χ4n) is 6.42. The molecular weight excluding hydrogens is 568 g/mol.